The molecule has 0 aliphatic heterocycles. The maximum absolute atomic E-state index is 12.8. The van der Waals surface area contributed by atoms with E-state index < -0.39 is 0 Å². The van der Waals surface area contributed by atoms with Crippen LogP contribution < -0.4 is 0 Å². The number of halogens is 1. The van der Waals surface area contributed by atoms with Gasteiger partial charge in [-0.15, -0.1) is 0 Å². The summed E-state index contributed by atoms with van der Waals surface area (Å²) in [6, 6.07) is 4.54. The summed E-state index contributed by atoms with van der Waals surface area (Å²) in [5, 5.41) is 4.86. The van der Waals surface area contributed by atoms with Crippen LogP contribution in [0.25, 0.3) is 11.0 Å². The van der Waals surface area contributed by atoms with Crippen molar-refractivity contribution in [3.05, 3.63) is 29.7 Å². The van der Waals surface area contributed by atoms with E-state index in [0.717, 1.165) is 30.3 Å². The molecule has 2 nitrogen and oxygen atoms in total. The maximum Gasteiger partial charge on any atom is 0.170 e. The van der Waals surface area contributed by atoms with Crippen molar-refractivity contribution in [1.29, 1.82) is 0 Å². The molecule has 0 atom stereocenters. The Morgan fingerprint density at radius 2 is 2.06 bits per heavy atom. The molecule has 0 aliphatic rings. The van der Waals surface area contributed by atoms with Crippen molar-refractivity contribution in [3.8, 4) is 0 Å². The Hall–Kier alpha value is -1.38. The molecule has 0 N–H and O–H groups in total. The molecule has 0 amide bonds. The van der Waals surface area contributed by atoms with Crippen molar-refractivity contribution in [1.82, 2.24) is 5.16 Å². The fourth-order valence-corrected chi connectivity index (χ4v) is 1.49. The minimum absolute atomic E-state index is 0.282. The molecule has 0 aliphatic carbocycles. The Morgan fingerprint density at radius 1 is 1.31 bits per heavy atom. The Balaban J connectivity index is 0.000000606. The van der Waals surface area contributed by atoms with Gasteiger partial charge < -0.3 is 4.52 Å². The van der Waals surface area contributed by atoms with Gasteiger partial charge in [-0.3, -0.25) is 0 Å². The summed E-state index contributed by atoms with van der Waals surface area (Å²) in [5.74, 6) is -0.282. The molecular formula is C13H18FNO. The molecule has 0 saturated carbocycles. The lowest BCUT2D eigenvalue weighted by Gasteiger charge is -1.93. The van der Waals surface area contributed by atoms with E-state index in [9.17, 15) is 4.39 Å². The number of nitrogens with zero attached hydrogens (tertiary/aromatic N) is 1. The predicted molar refractivity (Wildman–Crippen MR) is 63.9 cm³/mol. The first-order valence-electron chi connectivity index (χ1n) is 5.85. The molecule has 3 heteroatoms. The molecule has 0 radical (unpaired) electrons. The second kappa shape index (κ2) is 6.26. The quantitative estimate of drug-likeness (QED) is 0.773. The number of benzene rings is 1. The van der Waals surface area contributed by atoms with E-state index in [-0.39, 0.29) is 5.82 Å². The van der Waals surface area contributed by atoms with Crippen molar-refractivity contribution in [2.75, 3.05) is 0 Å². The summed E-state index contributed by atoms with van der Waals surface area (Å²) >= 11 is 0. The zero-order valence-corrected chi connectivity index (χ0v) is 10.1. The van der Waals surface area contributed by atoms with Gasteiger partial charge >= 0.3 is 0 Å². The minimum Gasteiger partial charge on any atom is -0.356 e. The van der Waals surface area contributed by atoms with Crippen molar-refractivity contribution in [3.63, 3.8) is 0 Å². The number of aryl methyl sites for hydroxylation is 1. The average molecular weight is 223 g/mol. The smallest absolute Gasteiger partial charge is 0.170 e. The number of unbranched alkanes of at least 4 members (excludes halogenated alkanes) is 1. The van der Waals surface area contributed by atoms with Crippen molar-refractivity contribution in [2.45, 2.75) is 40.0 Å². The summed E-state index contributed by atoms with van der Waals surface area (Å²) in [6.45, 7) is 6.13. The van der Waals surface area contributed by atoms with Gasteiger partial charge in [0.05, 0.1) is 5.69 Å². The predicted octanol–water partition coefficient (Wildman–Crippen LogP) is 4.34. The molecule has 1 aromatic carbocycles. The molecule has 2 aromatic rings. The van der Waals surface area contributed by atoms with Crippen LogP contribution in [-0.2, 0) is 6.42 Å². The monoisotopic (exact) mass is 223 g/mol. The summed E-state index contributed by atoms with van der Waals surface area (Å²) in [6.07, 6.45) is 3.10. The van der Waals surface area contributed by atoms with E-state index in [1.54, 1.807) is 6.07 Å². The number of hydrogen-bond donors (Lipinski definition) is 0. The van der Waals surface area contributed by atoms with E-state index in [1.165, 1.54) is 12.1 Å². The van der Waals surface area contributed by atoms with Crippen LogP contribution in [0.5, 0.6) is 0 Å². The highest BCUT2D eigenvalue weighted by atomic mass is 19.1. The van der Waals surface area contributed by atoms with Gasteiger partial charge in [0.25, 0.3) is 0 Å². The standard InChI is InChI=1S/C11H12FNO.C2H6/c1-2-3-4-10-9-6-5-8(12)7-11(9)14-13-10;1-2/h5-7H,2-4H2,1H3;1-2H3. The van der Waals surface area contributed by atoms with Crippen LogP contribution in [0.2, 0.25) is 0 Å². The Morgan fingerprint density at radius 3 is 2.75 bits per heavy atom. The SMILES string of the molecule is CC.CCCCc1noc2cc(F)ccc12. The van der Waals surface area contributed by atoms with Crippen LogP contribution in [0.3, 0.4) is 0 Å². The fourth-order valence-electron chi connectivity index (χ4n) is 1.49. The third-order valence-electron chi connectivity index (χ3n) is 2.28. The zero-order valence-electron chi connectivity index (χ0n) is 10.1. The van der Waals surface area contributed by atoms with Gasteiger partial charge in [-0.1, -0.05) is 32.3 Å². The minimum atomic E-state index is -0.282. The number of fused-ring (bicyclic) bond motifs is 1. The molecule has 0 spiro atoms. The first kappa shape index (κ1) is 12.7. The average Bonchev–Trinajstić information content (AvgIpc) is 2.71. The third kappa shape index (κ3) is 2.81. The molecule has 1 heterocycles. The van der Waals surface area contributed by atoms with Gasteiger partial charge in [-0.2, -0.15) is 0 Å². The fraction of sp³-hybridized carbons (Fsp3) is 0.462. The van der Waals surface area contributed by atoms with Crippen LogP contribution in [-0.4, -0.2) is 5.16 Å². The first-order valence-corrected chi connectivity index (χ1v) is 5.85. The van der Waals surface area contributed by atoms with E-state index in [4.69, 9.17) is 4.52 Å². The Bertz CT molecular complexity index is 436. The van der Waals surface area contributed by atoms with E-state index >= 15 is 0 Å². The number of aromatic nitrogens is 1. The van der Waals surface area contributed by atoms with Crippen LogP contribution >= 0.6 is 0 Å². The second-order valence-corrected chi connectivity index (χ2v) is 3.37. The summed E-state index contributed by atoms with van der Waals surface area (Å²) in [5.41, 5.74) is 1.47. The molecule has 2 rings (SSSR count). The van der Waals surface area contributed by atoms with Crippen molar-refractivity contribution >= 4 is 11.0 Å². The summed E-state index contributed by atoms with van der Waals surface area (Å²) < 4.78 is 17.8. The second-order valence-electron chi connectivity index (χ2n) is 3.37. The molecule has 0 bridgehead atoms. The summed E-state index contributed by atoms with van der Waals surface area (Å²) in [7, 11) is 0. The number of hydrogen-bond acceptors (Lipinski definition) is 2. The van der Waals surface area contributed by atoms with Gasteiger partial charge in [0.1, 0.15) is 5.82 Å². The highest BCUT2D eigenvalue weighted by Gasteiger charge is 2.07. The lowest BCUT2D eigenvalue weighted by atomic mass is 10.1. The van der Waals surface area contributed by atoms with Crippen LogP contribution in [0.15, 0.2) is 22.7 Å². The topological polar surface area (TPSA) is 26.0 Å². The largest absolute Gasteiger partial charge is 0.356 e. The molecule has 0 fully saturated rings. The van der Waals surface area contributed by atoms with Crippen LogP contribution in [0.1, 0.15) is 39.3 Å². The van der Waals surface area contributed by atoms with Crippen LogP contribution in [0, 0.1) is 5.82 Å². The molecule has 88 valence electrons. The van der Waals surface area contributed by atoms with E-state index in [0.29, 0.717) is 5.58 Å². The van der Waals surface area contributed by atoms with Gasteiger partial charge in [0, 0.05) is 11.5 Å². The molecule has 0 unspecified atom stereocenters. The van der Waals surface area contributed by atoms with Gasteiger partial charge in [0.15, 0.2) is 5.58 Å². The van der Waals surface area contributed by atoms with Gasteiger partial charge in [-0.25, -0.2) is 4.39 Å². The molecule has 0 saturated heterocycles. The third-order valence-corrected chi connectivity index (χ3v) is 2.28. The zero-order chi connectivity index (χ0) is 12.0. The first-order chi connectivity index (χ1) is 7.81. The lowest BCUT2D eigenvalue weighted by Crippen LogP contribution is -1.84. The highest BCUT2D eigenvalue weighted by Crippen LogP contribution is 2.20. The van der Waals surface area contributed by atoms with Crippen molar-refractivity contribution in [2.24, 2.45) is 0 Å². The normalized spacial score (nSPS) is 10.0. The van der Waals surface area contributed by atoms with E-state index in [2.05, 4.69) is 12.1 Å². The maximum atomic E-state index is 12.8. The highest BCUT2D eigenvalue weighted by molar-refractivity contribution is 5.79. The van der Waals surface area contributed by atoms with E-state index in [1.807, 2.05) is 13.8 Å². The Labute approximate surface area is 95.4 Å². The lowest BCUT2D eigenvalue weighted by molar-refractivity contribution is 0.443. The summed E-state index contributed by atoms with van der Waals surface area (Å²) in [4.78, 5) is 0. The van der Waals surface area contributed by atoms with Crippen LogP contribution in [0.4, 0.5) is 4.39 Å². The van der Waals surface area contributed by atoms with Crippen molar-refractivity contribution < 1.29 is 8.91 Å². The Kier molecular flexibility index (Phi) is 4.96. The molecule has 1 aromatic heterocycles. The van der Waals surface area contributed by atoms with Gasteiger partial charge in [0.2, 0.25) is 0 Å². The van der Waals surface area contributed by atoms with Gasteiger partial charge in [-0.05, 0) is 25.0 Å². The molecular weight excluding hydrogens is 205 g/mol. The number of rotatable bonds is 3. The molecule has 16 heavy (non-hydrogen) atoms.